The molecule has 1 saturated carbocycles. The molecule has 2 aliphatic carbocycles. The van der Waals surface area contributed by atoms with E-state index in [0.717, 1.165) is 79.2 Å². The average molecular weight is 605 g/mol. The molecule has 1 aliphatic heterocycles. The zero-order valence-electron chi connectivity index (χ0n) is 26.1. The number of rotatable bonds is 8. The van der Waals surface area contributed by atoms with Crippen molar-refractivity contribution in [1.82, 2.24) is 0 Å². The van der Waals surface area contributed by atoms with E-state index in [0.29, 0.717) is 23.8 Å². The fourth-order valence-electron chi connectivity index (χ4n) is 7.30. The number of aliphatic hydroxyl groups is 1. The number of phenolic OH excluding ortho intramolecular Hbond substituents is 3. The Bertz CT molecular complexity index is 1520. The summed E-state index contributed by atoms with van der Waals surface area (Å²) in [4.78, 5) is 0. The van der Waals surface area contributed by atoms with E-state index in [1.807, 2.05) is 18.2 Å². The second kappa shape index (κ2) is 12.3. The Morgan fingerprint density at radius 2 is 1.64 bits per heavy atom. The van der Waals surface area contributed by atoms with Crippen molar-refractivity contribution in [2.75, 3.05) is 14.2 Å². The largest absolute Gasteiger partial charge is 0.508 e. The van der Waals surface area contributed by atoms with E-state index in [-0.39, 0.29) is 46.3 Å². The Morgan fingerprint density at radius 3 is 2.34 bits per heavy atom. The van der Waals surface area contributed by atoms with Gasteiger partial charge in [-0.3, -0.25) is 0 Å². The summed E-state index contributed by atoms with van der Waals surface area (Å²) in [7, 11) is 3.01. The highest BCUT2D eigenvalue weighted by Crippen LogP contribution is 2.54. The molecule has 0 unspecified atom stereocenters. The van der Waals surface area contributed by atoms with Crippen molar-refractivity contribution in [3.8, 4) is 51.4 Å². The molecular weight excluding hydrogens is 560 g/mol. The molecule has 8 heteroatoms. The lowest BCUT2D eigenvalue weighted by atomic mass is 9.73. The number of aromatic hydroxyl groups is 3. The Morgan fingerprint density at radius 1 is 0.864 bits per heavy atom. The predicted molar refractivity (Wildman–Crippen MR) is 168 cm³/mol. The Balaban J connectivity index is 1.41. The third kappa shape index (κ3) is 5.49. The van der Waals surface area contributed by atoms with E-state index in [1.54, 1.807) is 19.2 Å². The normalized spacial score (nSPS) is 21.2. The zero-order chi connectivity index (χ0) is 31.1. The first-order valence-electron chi connectivity index (χ1n) is 15.9. The van der Waals surface area contributed by atoms with Crippen LogP contribution in [0.4, 0.5) is 0 Å². The lowest BCUT2D eigenvalue weighted by Gasteiger charge is -2.37. The second-order valence-electron chi connectivity index (χ2n) is 12.9. The molecule has 3 aromatic carbocycles. The van der Waals surface area contributed by atoms with Gasteiger partial charge in [-0.25, -0.2) is 0 Å². The van der Waals surface area contributed by atoms with Crippen LogP contribution in [-0.2, 0) is 12.8 Å². The molecule has 0 bridgehead atoms. The van der Waals surface area contributed by atoms with Gasteiger partial charge in [0.1, 0.15) is 17.2 Å². The lowest BCUT2D eigenvalue weighted by molar-refractivity contribution is 0.0185. The minimum Gasteiger partial charge on any atom is -0.508 e. The van der Waals surface area contributed by atoms with Gasteiger partial charge in [-0.1, -0.05) is 32.8 Å². The highest BCUT2D eigenvalue weighted by molar-refractivity contribution is 5.82. The molecule has 8 nitrogen and oxygen atoms in total. The van der Waals surface area contributed by atoms with Crippen molar-refractivity contribution in [2.45, 2.75) is 95.9 Å². The van der Waals surface area contributed by atoms with Gasteiger partial charge in [0.05, 0.1) is 26.4 Å². The molecule has 1 fully saturated rings. The third-order valence-electron chi connectivity index (χ3n) is 9.58. The summed E-state index contributed by atoms with van der Waals surface area (Å²) in [5.74, 6) is 1.77. The summed E-state index contributed by atoms with van der Waals surface area (Å²) in [5, 5.41) is 44.1. The van der Waals surface area contributed by atoms with Crippen molar-refractivity contribution in [3.05, 3.63) is 52.6 Å². The van der Waals surface area contributed by atoms with Crippen LogP contribution in [0.25, 0.3) is 11.1 Å². The van der Waals surface area contributed by atoms with E-state index >= 15 is 0 Å². The molecular formula is C36H44O8. The van der Waals surface area contributed by atoms with Crippen molar-refractivity contribution in [3.63, 3.8) is 0 Å². The fraction of sp³-hybridized carbons (Fsp3) is 0.500. The predicted octanol–water partition coefficient (Wildman–Crippen LogP) is 7.31. The minimum absolute atomic E-state index is 0.0427. The number of methoxy groups -OCH3 is 2. The summed E-state index contributed by atoms with van der Waals surface area (Å²) < 4.78 is 24.0. The third-order valence-corrected chi connectivity index (χ3v) is 9.58. The molecule has 0 amide bonds. The van der Waals surface area contributed by atoms with Crippen LogP contribution in [-0.4, -0.2) is 46.9 Å². The number of benzene rings is 3. The maximum Gasteiger partial charge on any atom is 0.207 e. The van der Waals surface area contributed by atoms with E-state index in [4.69, 9.17) is 18.9 Å². The maximum atomic E-state index is 11.6. The molecule has 3 atom stereocenters. The maximum absolute atomic E-state index is 11.6. The SMILES string of the molecule is COc1cc2c(c3c1-c1ccc(O)cc1[C@@H](CCC(C)C)C3)C[C@@H](O)[C@H](c1cc(OC3CCCCC3)c(O)c(OC)c1O)O2. The van der Waals surface area contributed by atoms with Gasteiger partial charge in [-0.05, 0) is 85.3 Å². The van der Waals surface area contributed by atoms with Gasteiger partial charge < -0.3 is 39.4 Å². The molecule has 0 aromatic heterocycles. The molecule has 6 rings (SSSR count). The summed E-state index contributed by atoms with van der Waals surface area (Å²) in [6.07, 6.45) is 6.16. The van der Waals surface area contributed by atoms with E-state index in [1.165, 1.54) is 7.11 Å². The van der Waals surface area contributed by atoms with Gasteiger partial charge in [0.25, 0.3) is 0 Å². The quantitative estimate of drug-likeness (QED) is 0.211. The summed E-state index contributed by atoms with van der Waals surface area (Å²) in [5.41, 5.74) is 5.39. The molecule has 3 aliphatic rings. The molecule has 0 spiro atoms. The Kier molecular flexibility index (Phi) is 8.46. The van der Waals surface area contributed by atoms with Crippen LogP contribution in [0.2, 0.25) is 0 Å². The van der Waals surface area contributed by atoms with Crippen LogP contribution >= 0.6 is 0 Å². The van der Waals surface area contributed by atoms with Crippen molar-refractivity contribution < 1.29 is 39.4 Å². The Labute approximate surface area is 259 Å². The van der Waals surface area contributed by atoms with Crippen molar-refractivity contribution in [2.24, 2.45) is 5.92 Å². The standard InChI is InChI=1S/C36H44O8/c1-19(2)10-11-20-14-26-25-16-28(38)35(44-29(25)18-30(41-3)32(26)23-13-12-21(37)15-24(20)23)27-17-31(34(40)36(42-4)33(27)39)43-22-8-6-5-7-9-22/h12-13,15,17-20,22,28,35,37-40H,5-11,14,16H2,1-4H3/t20-,28+,35-/m0/s1. The van der Waals surface area contributed by atoms with Crippen LogP contribution in [0, 0.1) is 5.92 Å². The van der Waals surface area contributed by atoms with Crippen molar-refractivity contribution in [1.29, 1.82) is 0 Å². The highest BCUT2D eigenvalue weighted by Gasteiger charge is 2.39. The molecule has 236 valence electrons. The van der Waals surface area contributed by atoms with Crippen LogP contribution in [0.5, 0.6) is 40.2 Å². The molecule has 3 aromatic rings. The first-order chi connectivity index (χ1) is 21.2. The van der Waals surface area contributed by atoms with Crippen LogP contribution < -0.4 is 18.9 Å². The smallest absolute Gasteiger partial charge is 0.207 e. The highest BCUT2D eigenvalue weighted by atomic mass is 16.5. The van der Waals surface area contributed by atoms with Gasteiger partial charge in [-0.2, -0.15) is 0 Å². The molecule has 0 saturated heterocycles. The van der Waals surface area contributed by atoms with Crippen LogP contribution in [0.3, 0.4) is 0 Å². The van der Waals surface area contributed by atoms with Crippen molar-refractivity contribution >= 4 is 0 Å². The number of aliphatic hydroxyl groups excluding tert-OH is 1. The minimum atomic E-state index is -0.988. The Hall–Kier alpha value is -3.78. The zero-order valence-corrected chi connectivity index (χ0v) is 26.1. The summed E-state index contributed by atoms with van der Waals surface area (Å²) in [6.45, 7) is 4.43. The lowest BCUT2D eigenvalue weighted by Crippen LogP contribution is -2.32. The topological polar surface area (TPSA) is 118 Å². The van der Waals surface area contributed by atoms with Gasteiger partial charge >= 0.3 is 0 Å². The average Bonchev–Trinajstić information content (AvgIpc) is 3.01. The summed E-state index contributed by atoms with van der Waals surface area (Å²) >= 11 is 0. The number of hydrogen-bond acceptors (Lipinski definition) is 8. The molecule has 1 heterocycles. The fourth-order valence-corrected chi connectivity index (χ4v) is 7.30. The first-order valence-corrected chi connectivity index (χ1v) is 15.9. The van der Waals surface area contributed by atoms with E-state index < -0.39 is 12.2 Å². The van der Waals surface area contributed by atoms with Crippen LogP contribution in [0.1, 0.15) is 93.1 Å². The number of phenols is 3. The molecule has 0 radical (unpaired) electrons. The first kappa shape index (κ1) is 30.3. The summed E-state index contributed by atoms with van der Waals surface area (Å²) in [6, 6.07) is 8.96. The van der Waals surface area contributed by atoms with Crippen LogP contribution in [0.15, 0.2) is 30.3 Å². The van der Waals surface area contributed by atoms with Gasteiger partial charge in [0, 0.05) is 29.2 Å². The molecule has 4 N–H and O–H groups in total. The van der Waals surface area contributed by atoms with Gasteiger partial charge in [0.2, 0.25) is 11.5 Å². The number of hydrogen-bond donors (Lipinski definition) is 4. The van der Waals surface area contributed by atoms with E-state index in [2.05, 4.69) is 13.8 Å². The van der Waals surface area contributed by atoms with E-state index in [9.17, 15) is 20.4 Å². The van der Waals surface area contributed by atoms with Gasteiger partial charge in [-0.15, -0.1) is 0 Å². The number of fused-ring (bicyclic) bond motifs is 5. The van der Waals surface area contributed by atoms with Gasteiger partial charge in [0.15, 0.2) is 17.6 Å². The number of ether oxygens (including phenoxy) is 4. The monoisotopic (exact) mass is 604 g/mol. The second-order valence-corrected chi connectivity index (χ2v) is 12.9. The molecule has 44 heavy (non-hydrogen) atoms.